The van der Waals surface area contributed by atoms with Gasteiger partial charge in [0.15, 0.2) is 6.73 Å². The summed E-state index contributed by atoms with van der Waals surface area (Å²) in [5.74, 6) is -0.715. The molecule has 0 saturated heterocycles. The van der Waals surface area contributed by atoms with Crippen LogP contribution in [0.3, 0.4) is 0 Å². The van der Waals surface area contributed by atoms with Crippen LogP contribution in [-0.4, -0.2) is 32.9 Å². The molecule has 1 aliphatic heterocycles. The van der Waals surface area contributed by atoms with Gasteiger partial charge in [0.05, 0.1) is 48.2 Å². The number of aryl methyl sites for hydroxylation is 1. The molecule has 2 aromatic carbocycles. The summed E-state index contributed by atoms with van der Waals surface area (Å²) < 4.78 is 21.2. The maximum atomic E-state index is 12.4. The molecule has 0 bridgehead atoms. The fraction of sp³-hybridized carbons (Fsp3) is 0.261. The molecule has 0 unspecified atom stereocenters. The highest BCUT2D eigenvalue weighted by atomic mass is 35.5. The quantitative estimate of drug-likeness (QED) is 0.430. The maximum absolute atomic E-state index is 12.4. The van der Waals surface area contributed by atoms with Crippen LogP contribution in [0.5, 0.6) is 5.75 Å². The number of hydrogen-bond acceptors (Lipinski definition) is 8. The van der Waals surface area contributed by atoms with E-state index in [4.69, 9.17) is 30.2 Å². The van der Waals surface area contributed by atoms with Crippen molar-refractivity contribution in [1.82, 2.24) is 0 Å². The molecule has 0 saturated carbocycles. The van der Waals surface area contributed by atoms with E-state index in [1.165, 1.54) is 32.4 Å². The number of methoxy groups -OCH3 is 2. The summed E-state index contributed by atoms with van der Waals surface area (Å²) in [6, 6.07) is 6.23. The van der Waals surface area contributed by atoms with Gasteiger partial charge < -0.3 is 23.5 Å². The third-order valence-corrected chi connectivity index (χ3v) is 5.91. The summed E-state index contributed by atoms with van der Waals surface area (Å²) in [6.45, 7) is 3.78. The molecule has 166 valence electrons. The molecule has 4 rings (SSSR count). The van der Waals surface area contributed by atoms with E-state index in [-0.39, 0.29) is 24.4 Å². The van der Waals surface area contributed by atoms with Crippen molar-refractivity contribution in [2.24, 2.45) is 0 Å². The lowest BCUT2D eigenvalue weighted by molar-refractivity contribution is 0.0587. The summed E-state index contributed by atoms with van der Waals surface area (Å²) in [4.78, 5) is 38.5. The standard InChI is InChI=1S/C23H20ClNO7/c1-11-12(2)21(26)32-19-15(11)8-17(24)20-16(19)9-25(10-31-20)18-7-13(22(27)29-3)5-6-14(18)23(28)30-4/h5-8H,9-10H2,1-4H3. The van der Waals surface area contributed by atoms with E-state index in [0.717, 1.165) is 5.56 Å². The number of carbonyl (C=O) groups is 2. The Bertz CT molecular complexity index is 1330. The Morgan fingerprint density at radius 3 is 2.47 bits per heavy atom. The van der Waals surface area contributed by atoms with Crippen molar-refractivity contribution < 1.29 is 28.2 Å². The average molecular weight is 458 g/mol. The number of carbonyl (C=O) groups excluding carboxylic acids is 2. The molecule has 32 heavy (non-hydrogen) atoms. The van der Waals surface area contributed by atoms with Crippen LogP contribution in [0.2, 0.25) is 5.02 Å². The van der Waals surface area contributed by atoms with Gasteiger partial charge in [0.1, 0.15) is 11.3 Å². The molecule has 3 aromatic rings. The van der Waals surface area contributed by atoms with Crippen molar-refractivity contribution >= 4 is 40.2 Å². The molecule has 1 aromatic heterocycles. The van der Waals surface area contributed by atoms with Crippen LogP contribution in [0.4, 0.5) is 5.69 Å². The number of anilines is 1. The minimum Gasteiger partial charge on any atom is -0.471 e. The smallest absolute Gasteiger partial charge is 0.339 e. The molecule has 0 radical (unpaired) electrons. The van der Waals surface area contributed by atoms with E-state index in [9.17, 15) is 14.4 Å². The molecule has 2 heterocycles. The van der Waals surface area contributed by atoms with Crippen LogP contribution in [0.15, 0.2) is 33.5 Å². The maximum Gasteiger partial charge on any atom is 0.339 e. The molecule has 0 fully saturated rings. The fourth-order valence-corrected chi connectivity index (χ4v) is 4.02. The van der Waals surface area contributed by atoms with Crippen molar-refractivity contribution in [3.63, 3.8) is 0 Å². The van der Waals surface area contributed by atoms with Gasteiger partial charge in [0.25, 0.3) is 0 Å². The van der Waals surface area contributed by atoms with Crippen molar-refractivity contribution in [3.8, 4) is 5.75 Å². The van der Waals surface area contributed by atoms with Crippen LogP contribution in [-0.2, 0) is 16.0 Å². The number of rotatable bonds is 3. The normalized spacial score (nSPS) is 12.8. The average Bonchev–Trinajstić information content (AvgIpc) is 2.82. The molecule has 9 heteroatoms. The molecule has 1 aliphatic rings. The Morgan fingerprint density at radius 1 is 1.06 bits per heavy atom. The Balaban J connectivity index is 1.89. The summed E-state index contributed by atoms with van der Waals surface area (Å²) in [6.07, 6.45) is 0. The van der Waals surface area contributed by atoms with Crippen molar-refractivity contribution in [2.45, 2.75) is 20.4 Å². The lowest BCUT2D eigenvalue weighted by Gasteiger charge is -2.32. The van der Waals surface area contributed by atoms with E-state index in [2.05, 4.69) is 0 Å². The highest BCUT2D eigenvalue weighted by molar-refractivity contribution is 6.33. The van der Waals surface area contributed by atoms with Crippen LogP contribution in [0.1, 0.15) is 37.4 Å². The second-order valence-electron chi connectivity index (χ2n) is 7.37. The van der Waals surface area contributed by atoms with E-state index >= 15 is 0 Å². The Kier molecular flexibility index (Phi) is 5.56. The first kappa shape index (κ1) is 21.7. The van der Waals surface area contributed by atoms with Gasteiger partial charge in [-0.1, -0.05) is 11.6 Å². The molecular weight excluding hydrogens is 438 g/mol. The minimum atomic E-state index is -0.573. The molecule has 0 spiro atoms. The van der Waals surface area contributed by atoms with Crippen LogP contribution in [0.25, 0.3) is 11.0 Å². The first-order valence-corrected chi connectivity index (χ1v) is 10.1. The number of fused-ring (bicyclic) bond motifs is 3. The Hall–Kier alpha value is -3.52. The van der Waals surface area contributed by atoms with Crippen molar-refractivity contribution in [1.29, 1.82) is 0 Å². The van der Waals surface area contributed by atoms with E-state index in [1.54, 1.807) is 17.9 Å². The summed E-state index contributed by atoms with van der Waals surface area (Å²) in [7, 11) is 2.55. The number of benzene rings is 2. The van der Waals surface area contributed by atoms with Crippen molar-refractivity contribution in [3.05, 3.63) is 67.5 Å². The number of hydrogen-bond donors (Lipinski definition) is 0. The zero-order valence-corrected chi connectivity index (χ0v) is 18.7. The lowest BCUT2D eigenvalue weighted by atomic mass is 10.0. The zero-order chi connectivity index (χ0) is 23.2. The van der Waals surface area contributed by atoms with Gasteiger partial charge in [-0.2, -0.15) is 0 Å². The third-order valence-electron chi connectivity index (χ3n) is 5.63. The first-order valence-electron chi connectivity index (χ1n) is 9.70. The molecule has 8 nitrogen and oxygen atoms in total. The lowest BCUT2D eigenvalue weighted by Crippen LogP contribution is -2.33. The van der Waals surface area contributed by atoms with E-state index in [0.29, 0.717) is 38.6 Å². The topological polar surface area (TPSA) is 95.3 Å². The minimum absolute atomic E-state index is 0.0436. The summed E-state index contributed by atoms with van der Waals surface area (Å²) >= 11 is 6.47. The summed E-state index contributed by atoms with van der Waals surface area (Å²) in [5, 5.41) is 1.09. The summed E-state index contributed by atoms with van der Waals surface area (Å²) in [5.41, 5.74) is 2.66. The number of ether oxygens (including phenoxy) is 3. The van der Waals surface area contributed by atoms with Gasteiger partial charge in [-0.25, -0.2) is 14.4 Å². The predicted octanol–water partition coefficient (Wildman–Crippen LogP) is 3.99. The monoisotopic (exact) mass is 457 g/mol. The molecule has 0 N–H and O–H groups in total. The molecule has 0 aliphatic carbocycles. The highest BCUT2D eigenvalue weighted by Gasteiger charge is 2.28. The number of esters is 2. The van der Waals surface area contributed by atoms with Crippen LogP contribution < -0.4 is 15.3 Å². The van der Waals surface area contributed by atoms with Crippen LogP contribution >= 0.6 is 11.6 Å². The van der Waals surface area contributed by atoms with Gasteiger partial charge in [-0.15, -0.1) is 0 Å². The second kappa shape index (κ2) is 8.20. The predicted molar refractivity (Wildman–Crippen MR) is 118 cm³/mol. The molecular formula is C23H20ClNO7. The van der Waals surface area contributed by atoms with Gasteiger partial charge in [-0.3, -0.25) is 0 Å². The Labute approximate surface area is 188 Å². The number of nitrogens with zero attached hydrogens (tertiary/aromatic N) is 1. The Morgan fingerprint density at radius 2 is 1.78 bits per heavy atom. The molecule has 0 atom stereocenters. The zero-order valence-electron chi connectivity index (χ0n) is 17.9. The molecule has 0 amide bonds. The fourth-order valence-electron chi connectivity index (χ4n) is 3.74. The largest absolute Gasteiger partial charge is 0.471 e. The third kappa shape index (κ3) is 3.46. The van der Waals surface area contributed by atoms with Crippen LogP contribution in [0, 0.1) is 13.8 Å². The van der Waals surface area contributed by atoms with Gasteiger partial charge in [0.2, 0.25) is 0 Å². The van der Waals surface area contributed by atoms with Gasteiger partial charge >= 0.3 is 17.6 Å². The number of halogens is 1. The second-order valence-corrected chi connectivity index (χ2v) is 7.78. The van der Waals surface area contributed by atoms with E-state index < -0.39 is 17.6 Å². The van der Waals surface area contributed by atoms with E-state index in [1.807, 2.05) is 6.92 Å². The highest BCUT2D eigenvalue weighted by Crippen LogP contribution is 2.41. The SMILES string of the molecule is COC(=O)c1ccc(C(=O)OC)c(N2COc3c(Cl)cc4c(C)c(C)c(=O)oc4c3C2)c1. The van der Waals surface area contributed by atoms with Gasteiger partial charge in [-0.05, 0) is 43.7 Å². The van der Waals surface area contributed by atoms with Gasteiger partial charge in [0, 0.05) is 10.9 Å². The van der Waals surface area contributed by atoms with Crippen molar-refractivity contribution in [2.75, 3.05) is 25.9 Å². The first-order chi connectivity index (χ1) is 15.3.